The maximum absolute atomic E-state index is 15.2. The van der Waals surface area contributed by atoms with Crippen molar-refractivity contribution in [3.8, 4) is 22.9 Å². The Balaban J connectivity index is 1.32. The van der Waals surface area contributed by atoms with E-state index in [-0.39, 0.29) is 36.0 Å². The van der Waals surface area contributed by atoms with Crippen molar-refractivity contribution in [2.45, 2.75) is 120 Å². The lowest BCUT2D eigenvalue weighted by molar-refractivity contribution is -0.222. The lowest BCUT2D eigenvalue weighted by Gasteiger charge is -2.45. The number of alkyl halides is 3. The summed E-state index contributed by atoms with van der Waals surface area (Å²) in [5.41, 5.74) is -3.95. The summed E-state index contributed by atoms with van der Waals surface area (Å²) in [5, 5.41) is 14.4. The van der Waals surface area contributed by atoms with Crippen LogP contribution in [0.5, 0.6) is 11.6 Å². The molecule has 4 amide bonds. The van der Waals surface area contributed by atoms with E-state index < -0.39 is 98.2 Å². The number of hydrogen-bond acceptors (Lipinski definition) is 9. The Bertz CT molecular complexity index is 2480. The van der Waals surface area contributed by atoms with Crippen LogP contribution in [-0.4, -0.2) is 106 Å². The second-order valence-electron chi connectivity index (χ2n) is 18.5. The van der Waals surface area contributed by atoms with Gasteiger partial charge in [0.05, 0.1) is 24.1 Å². The number of carbonyl (C=O) groups is 4. The van der Waals surface area contributed by atoms with Gasteiger partial charge in [-0.1, -0.05) is 26.0 Å². The molecule has 14 nitrogen and oxygen atoms in total. The van der Waals surface area contributed by atoms with Crippen LogP contribution >= 0.6 is 0 Å². The molecule has 2 aliphatic heterocycles. The number of pyridine rings is 1. The molecule has 3 heterocycles. The monoisotopic (exact) mass is 915 g/mol. The first kappa shape index (κ1) is 46.5. The number of nitrogens with zero attached hydrogens (tertiary/aromatic N) is 3. The quantitative estimate of drug-likeness (QED) is 0.150. The van der Waals surface area contributed by atoms with Gasteiger partial charge in [0.25, 0.3) is 5.91 Å². The number of fused-ring (bicyclic) bond motifs is 3. The molecular formula is C45H53F4N5O9S. The van der Waals surface area contributed by atoms with E-state index >= 15 is 4.79 Å². The van der Waals surface area contributed by atoms with E-state index in [0.29, 0.717) is 67.3 Å². The van der Waals surface area contributed by atoms with Crippen LogP contribution in [0.15, 0.2) is 60.7 Å². The Morgan fingerprint density at radius 3 is 2.36 bits per heavy atom. The minimum atomic E-state index is -5.13. The van der Waals surface area contributed by atoms with Crippen LogP contribution in [0.1, 0.15) is 79.6 Å². The number of hydrogen-bond donors (Lipinski definition) is 3. The topological polar surface area (TPSA) is 185 Å². The molecule has 3 aromatic rings. The molecule has 1 saturated heterocycles. The summed E-state index contributed by atoms with van der Waals surface area (Å²) < 4.78 is 98.0. The summed E-state index contributed by atoms with van der Waals surface area (Å²) in [6.45, 7) is 5.78. The van der Waals surface area contributed by atoms with E-state index in [2.05, 4.69) is 10.0 Å². The summed E-state index contributed by atoms with van der Waals surface area (Å²) in [6.07, 6.45) is -3.25. The number of amides is 4. The molecule has 3 fully saturated rings. The Labute approximate surface area is 368 Å². The van der Waals surface area contributed by atoms with Gasteiger partial charge in [-0.2, -0.15) is 13.2 Å². The highest BCUT2D eigenvalue weighted by Gasteiger charge is 2.64. The van der Waals surface area contributed by atoms with Gasteiger partial charge in [0.15, 0.2) is 0 Å². The fourth-order valence-corrected chi connectivity index (χ4v) is 10.2. The van der Waals surface area contributed by atoms with Gasteiger partial charge in [-0.25, -0.2) is 22.6 Å². The maximum atomic E-state index is 15.2. The van der Waals surface area contributed by atoms with E-state index in [0.717, 1.165) is 4.90 Å². The van der Waals surface area contributed by atoms with Crippen LogP contribution in [-0.2, 0) is 24.4 Å². The predicted molar refractivity (Wildman–Crippen MR) is 227 cm³/mol. The van der Waals surface area contributed by atoms with Crippen molar-refractivity contribution in [2.24, 2.45) is 17.8 Å². The van der Waals surface area contributed by atoms with Crippen molar-refractivity contribution in [2.75, 3.05) is 13.7 Å². The largest absolute Gasteiger partial charge is 0.497 e. The lowest BCUT2D eigenvalue weighted by Crippen LogP contribution is -2.66. The van der Waals surface area contributed by atoms with E-state index in [9.17, 15) is 45.5 Å². The summed E-state index contributed by atoms with van der Waals surface area (Å²) in [5.74, 6) is -4.79. The summed E-state index contributed by atoms with van der Waals surface area (Å²) in [4.78, 5) is 62.9. The van der Waals surface area contributed by atoms with Gasteiger partial charge in [-0.3, -0.25) is 24.0 Å². The van der Waals surface area contributed by atoms with Crippen molar-refractivity contribution in [1.29, 1.82) is 0 Å². The molecule has 19 heteroatoms. The third-order valence-corrected chi connectivity index (χ3v) is 15.6. The Kier molecular flexibility index (Phi) is 12.2. The van der Waals surface area contributed by atoms with Gasteiger partial charge in [0.2, 0.25) is 27.7 Å². The van der Waals surface area contributed by atoms with Crippen LogP contribution in [0, 0.1) is 23.6 Å². The number of ether oxygens (including phenoxy) is 2. The van der Waals surface area contributed by atoms with Crippen LogP contribution in [0.3, 0.4) is 0 Å². The number of aromatic nitrogens is 1. The van der Waals surface area contributed by atoms with Gasteiger partial charge < -0.3 is 24.8 Å². The van der Waals surface area contributed by atoms with E-state index in [4.69, 9.17) is 14.5 Å². The summed E-state index contributed by atoms with van der Waals surface area (Å²) >= 11 is 0. The van der Waals surface area contributed by atoms with E-state index in [1.54, 1.807) is 36.4 Å². The fraction of sp³-hybridized carbons (Fsp3) is 0.533. The van der Waals surface area contributed by atoms with Crippen molar-refractivity contribution in [3.63, 3.8) is 0 Å². The zero-order valence-electron chi connectivity index (χ0n) is 36.4. The first-order valence-electron chi connectivity index (χ1n) is 21.3. The van der Waals surface area contributed by atoms with E-state index in [1.165, 1.54) is 45.2 Å². The van der Waals surface area contributed by atoms with Gasteiger partial charge in [0.1, 0.15) is 40.8 Å². The second-order valence-corrected chi connectivity index (χ2v) is 20.7. The molecule has 2 aromatic carbocycles. The number of allylic oxidation sites excluding steroid dienone is 1. The second kappa shape index (κ2) is 16.8. The zero-order chi connectivity index (χ0) is 46.7. The molecule has 1 aromatic heterocycles. The molecule has 2 aliphatic carbocycles. The molecule has 0 bridgehead atoms. The minimum absolute atomic E-state index is 0.0191. The van der Waals surface area contributed by atoms with Crippen LogP contribution < -0.4 is 19.5 Å². The number of carbonyl (C=O) groups excluding carboxylic acids is 3. The van der Waals surface area contributed by atoms with Crippen molar-refractivity contribution < 1.29 is 59.7 Å². The molecular weight excluding hydrogens is 863 g/mol. The molecule has 2 saturated carbocycles. The number of halogens is 4. The molecule has 346 valence electrons. The summed E-state index contributed by atoms with van der Waals surface area (Å²) in [7, 11) is -2.67. The fourth-order valence-electron chi connectivity index (χ4n) is 8.93. The van der Waals surface area contributed by atoms with Crippen molar-refractivity contribution >= 4 is 44.6 Å². The molecule has 0 spiro atoms. The number of benzene rings is 2. The highest BCUT2D eigenvalue weighted by molar-refractivity contribution is 7.91. The maximum Gasteiger partial charge on any atom is 0.411 e. The number of methoxy groups -OCH3 is 1. The highest BCUT2D eigenvalue weighted by atomic mass is 32.2. The average molecular weight is 916 g/mol. The first-order valence-corrected chi connectivity index (χ1v) is 22.8. The normalized spacial score (nSPS) is 27.8. The average Bonchev–Trinajstić information content (AvgIpc) is 4.10. The van der Waals surface area contributed by atoms with E-state index in [1.807, 2.05) is 6.92 Å². The number of carboxylic acid groups (broad SMARTS) is 1. The standard InChI is InChI=1S/C45H53F4N5O9S/c1-25-9-7-8-10-29-23-44(29,40(57)52-64(60,61)43(5)17-18-43)51-37(55)35-22-32(24-53(35)39(56)36(26(2)19-25)54(41(58)59)42(3,4)45(47,48)49)63-38-33-16-15-31(62-6)20-28(33)21-34(50-38)27-11-13-30(46)14-12-27/h8,10-16,20-21,25-26,29,32,35-36H,7,9,17-19,22-24H2,1-6H3,(H,51,55)(H,52,57)(H,58,59)/b10-8-/t25-,26-,29-,32-,35+,36+,44-/m1/s1. The Morgan fingerprint density at radius 1 is 1.05 bits per heavy atom. The predicted octanol–water partition coefficient (Wildman–Crippen LogP) is 6.97. The van der Waals surface area contributed by atoms with Crippen LogP contribution in [0.25, 0.3) is 22.0 Å². The minimum Gasteiger partial charge on any atom is -0.497 e. The van der Waals surface area contributed by atoms with Gasteiger partial charge in [0, 0.05) is 23.3 Å². The van der Waals surface area contributed by atoms with Gasteiger partial charge in [-0.05, 0) is 125 Å². The third-order valence-electron chi connectivity index (χ3n) is 13.4. The Hall–Kier alpha value is -5.46. The molecule has 3 N–H and O–H groups in total. The molecule has 0 unspecified atom stereocenters. The SMILES string of the molecule is COc1ccc2c(O[C@@H]3C[C@H]4C(=O)N[C@]5(C(=O)NS(=O)(=O)C6(C)CC6)C[C@H]5/C=C\CC[C@@H](C)C[C@@H](C)[C@H](N(C(=O)O)C(C)(C)C(F)(F)F)C(=O)N4C3)nc(-c3ccc(F)cc3)cc2c1. The van der Waals surface area contributed by atoms with Crippen LogP contribution in [0.4, 0.5) is 22.4 Å². The number of nitrogens with one attached hydrogen (secondary N) is 2. The van der Waals surface area contributed by atoms with Gasteiger partial charge >= 0.3 is 12.3 Å². The zero-order valence-corrected chi connectivity index (χ0v) is 37.2. The van der Waals surface area contributed by atoms with Crippen LogP contribution in [0.2, 0.25) is 0 Å². The Morgan fingerprint density at radius 2 is 1.73 bits per heavy atom. The first-order chi connectivity index (χ1) is 29.9. The highest BCUT2D eigenvalue weighted by Crippen LogP contribution is 2.48. The van der Waals surface area contributed by atoms with Crippen molar-refractivity contribution in [3.05, 3.63) is 66.5 Å². The molecule has 64 heavy (non-hydrogen) atoms. The molecule has 0 radical (unpaired) electrons. The third kappa shape index (κ3) is 8.83. The number of sulfonamides is 1. The molecule has 4 aliphatic rings. The molecule has 7 rings (SSSR count). The van der Waals surface area contributed by atoms with Gasteiger partial charge in [-0.15, -0.1) is 0 Å². The smallest absolute Gasteiger partial charge is 0.411 e. The summed E-state index contributed by atoms with van der Waals surface area (Å²) in [6, 6.07) is 8.85. The molecule has 7 atom stereocenters. The lowest BCUT2D eigenvalue weighted by atomic mass is 9.85. The number of rotatable bonds is 9. The van der Waals surface area contributed by atoms with Crippen molar-refractivity contribution in [1.82, 2.24) is 24.8 Å².